The molecule has 0 radical (unpaired) electrons. The molecule has 1 rings (SSSR count). The van der Waals surface area contributed by atoms with E-state index in [9.17, 15) is 9.59 Å². The highest BCUT2D eigenvalue weighted by atomic mass is 16.5. The Hall–Kier alpha value is -1.14. The number of amides is 1. The number of ether oxygens (including phenoxy) is 1. The molecular formula is C15H28N2O4. The van der Waals surface area contributed by atoms with Crippen LogP contribution in [0.2, 0.25) is 0 Å². The first-order valence-electron chi connectivity index (χ1n) is 7.88. The molecular weight excluding hydrogens is 272 g/mol. The lowest BCUT2D eigenvalue weighted by atomic mass is 10.1. The van der Waals surface area contributed by atoms with E-state index >= 15 is 0 Å². The second kappa shape index (κ2) is 9.00. The van der Waals surface area contributed by atoms with Crippen LogP contribution in [0.5, 0.6) is 0 Å². The van der Waals surface area contributed by atoms with Crippen LogP contribution in [0.1, 0.15) is 46.5 Å². The number of aliphatic carboxylic acids is 1. The number of carbonyl (C=O) groups is 2. The average molecular weight is 300 g/mol. The second-order valence-corrected chi connectivity index (χ2v) is 5.61. The Kier molecular flexibility index (Phi) is 7.67. The summed E-state index contributed by atoms with van der Waals surface area (Å²) in [7, 11) is 0. The van der Waals surface area contributed by atoms with E-state index in [1.54, 1.807) is 0 Å². The number of carboxylic acid groups (broad SMARTS) is 1. The predicted octanol–water partition coefficient (Wildman–Crippen LogP) is 1.25. The molecule has 0 aliphatic carbocycles. The van der Waals surface area contributed by atoms with Crippen molar-refractivity contribution in [2.24, 2.45) is 0 Å². The van der Waals surface area contributed by atoms with Crippen molar-refractivity contribution in [2.75, 3.05) is 19.6 Å². The molecule has 0 saturated carbocycles. The number of hydrogen-bond donors (Lipinski definition) is 2. The fourth-order valence-corrected chi connectivity index (χ4v) is 2.58. The van der Waals surface area contributed by atoms with Crippen LogP contribution < -0.4 is 5.32 Å². The quantitative estimate of drug-likeness (QED) is 0.670. The fourth-order valence-electron chi connectivity index (χ4n) is 2.58. The zero-order valence-corrected chi connectivity index (χ0v) is 13.3. The Morgan fingerprint density at radius 3 is 2.43 bits per heavy atom. The molecule has 1 amide bonds. The molecule has 1 aliphatic rings. The van der Waals surface area contributed by atoms with Gasteiger partial charge in [-0.05, 0) is 52.2 Å². The van der Waals surface area contributed by atoms with E-state index in [2.05, 4.69) is 24.1 Å². The van der Waals surface area contributed by atoms with Gasteiger partial charge in [0.1, 0.15) is 6.10 Å². The van der Waals surface area contributed by atoms with E-state index in [4.69, 9.17) is 9.84 Å². The summed E-state index contributed by atoms with van der Waals surface area (Å²) in [5, 5.41) is 11.8. The Morgan fingerprint density at radius 2 is 1.90 bits per heavy atom. The van der Waals surface area contributed by atoms with Gasteiger partial charge < -0.3 is 20.1 Å². The maximum atomic E-state index is 12.0. The van der Waals surface area contributed by atoms with Gasteiger partial charge in [0.25, 0.3) is 0 Å². The number of nitrogens with one attached hydrogen (secondary N) is 1. The second-order valence-electron chi connectivity index (χ2n) is 5.61. The van der Waals surface area contributed by atoms with Crippen LogP contribution in [0.15, 0.2) is 0 Å². The number of carboxylic acids is 1. The molecule has 6 heteroatoms. The summed E-state index contributed by atoms with van der Waals surface area (Å²) in [6, 6.07) is 0.0838. The van der Waals surface area contributed by atoms with Crippen molar-refractivity contribution in [2.45, 2.75) is 64.7 Å². The first-order valence-corrected chi connectivity index (χ1v) is 7.88. The summed E-state index contributed by atoms with van der Waals surface area (Å²) in [4.78, 5) is 25.1. The zero-order chi connectivity index (χ0) is 15.8. The zero-order valence-electron chi connectivity index (χ0n) is 13.3. The molecule has 3 atom stereocenters. The summed E-state index contributed by atoms with van der Waals surface area (Å²) in [6.45, 7) is 9.39. The fraction of sp³-hybridized carbons (Fsp3) is 0.867. The monoisotopic (exact) mass is 300 g/mol. The Balaban J connectivity index is 2.23. The van der Waals surface area contributed by atoms with E-state index in [1.807, 2.05) is 6.92 Å². The molecule has 1 heterocycles. The Bertz CT molecular complexity index is 345. The number of nitrogens with zero attached hydrogens (tertiary/aromatic N) is 1. The van der Waals surface area contributed by atoms with Crippen LogP contribution in [-0.4, -0.2) is 59.8 Å². The molecule has 2 N–H and O–H groups in total. The van der Waals surface area contributed by atoms with Crippen LogP contribution in [0.4, 0.5) is 0 Å². The lowest BCUT2D eigenvalue weighted by Gasteiger charge is -2.20. The molecule has 1 aliphatic heterocycles. The lowest BCUT2D eigenvalue weighted by Crippen LogP contribution is -2.40. The van der Waals surface area contributed by atoms with Gasteiger partial charge in [-0.15, -0.1) is 0 Å². The highest BCUT2D eigenvalue weighted by molar-refractivity contribution is 5.82. The molecule has 0 spiro atoms. The largest absolute Gasteiger partial charge is 0.479 e. The minimum absolute atomic E-state index is 0.0838. The van der Waals surface area contributed by atoms with Gasteiger partial charge >= 0.3 is 5.97 Å². The van der Waals surface area contributed by atoms with Crippen molar-refractivity contribution in [1.82, 2.24) is 10.2 Å². The van der Waals surface area contributed by atoms with Crippen molar-refractivity contribution in [3.63, 3.8) is 0 Å². The van der Waals surface area contributed by atoms with Crippen LogP contribution in [0, 0.1) is 0 Å². The number of carbonyl (C=O) groups excluding carboxylic acids is 1. The van der Waals surface area contributed by atoms with E-state index < -0.39 is 18.2 Å². The average Bonchev–Trinajstić information content (AvgIpc) is 2.93. The Labute approximate surface area is 126 Å². The molecule has 6 nitrogen and oxygen atoms in total. The van der Waals surface area contributed by atoms with Crippen molar-refractivity contribution in [3.8, 4) is 0 Å². The molecule has 1 unspecified atom stereocenters. The first-order chi connectivity index (χ1) is 9.97. The van der Waals surface area contributed by atoms with Gasteiger partial charge in [-0.25, -0.2) is 4.79 Å². The molecule has 21 heavy (non-hydrogen) atoms. The molecule has 0 aromatic carbocycles. The van der Waals surface area contributed by atoms with Gasteiger partial charge in [-0.2, -0.15) is 0 Å². The molecule has 0 bridgehead atoms. The van der Waals surface area contributed by atoms with Gasteiger partial charge in [0.2, 0.25) is 5.91 Å². The minimum Gasteiger partial charge on any atom is -0.479 e. The van der Waals surface area contributed by atoms with E-state index in [1.165, 1.54) is 0 Å². The lowest BCUT2D eigenvalue weighted by molar-refractivity contribution is -0.151. The maximum absolute atomic E-state index is 12.0. The summed E-state index contributed by atoms with van der Waals surface area (Å²) >= 11 is 0. The van der Waals surface area contributed by atoms with E-state index in [-0.39, 0.29) is 11.9 Å². The molecule has 0 aromatic heterocycles. The normalized spacial score (nSPS) is 23.2. The topological polar surface area (TPSA) is 78.9 Å². The molecule has 122 valence electrons. The van der Waals surface area contributed by atoms with Crippen LogP contribution in [0.25, 0.3) is 0 Å². The Morgan fingerprint density at radius 1 is 1.29 bits per heavy atom. The van der Waals surface area contributed by atoms with E-state index in [0.717, 1.165) is 32.5 Å². The minimum atomic E-state index is -0.988. The number of hydrogen-bond acceptors (Lipinski definition) is 4. The van der Waals surface area contributed by atoms with Crippen molar-refractivity contribution >= 4 is 11.9 Å². The summed E-state index contributed by atoms with van der Waals surface area (Å²) in [5.74, 6) is -1.17. The van der Waals surface area contributed by atoms with Gasteiger partial charge in [0, 0.05) is 6.04 Å². The van der Waals surface area contributed by atoms with Crippen molar-refractivity contribution < 1.29 is 19.4 Å². The summed E-state index contributed by atoms with van der Waals surface area (Å²) in [5.41, 5.74) is 0. The third-order valence-corrected chi connectivity index (χ3v) is 3.98. The molecule has 1 fully saturated rings. The van der Waals surface area contributed by atoms with Crippen molar-refractivity contribution in [1.29, 1.82) is 0 Å². The third kappa shape index (κ3) is 6.01. The van der Waals surface area contributed by atoms with Gasteiger partial charge in [-0.1, -0.05) is 13.8 Å². The smallest absolute Gasteiger partial charge is 0.332 e. The maximum Gasteiger partial charge on any atom is 0.332 e. The third-order valence-electron chi connectivity index (χ3n) is 3.98. The van der Waals surface area contributed by atoms with Gasteiger partial charge in [0.05, 0.1) is 0 Å². The molecule has 1 saturated heterocycles. The van der Waals surface area contributed by atoms with Crippen LogP contribution in [-0.2, 0) is 14.3 Å². The number of rotatable bonds is 9. The summed E-state index contributed by atoms with van der Waals surface area (Å²) in [6.07, 6.45) is 1.39. The standard InChI is InChI=1S/C15H28N2O4/c1-4-17(5-2)10-6-7-11(3)16-14(18)12-8-9-13(21-12)15(19)20/h11-13H,4-10H2,1-3H3,(H,16,18)(H,19,20)/t11?,12-,13+/m0/s1. The van der Waals surface area contributed by atoms with E-state index in [0.29, 0.717) is 12.8 Å². The van der Waals surface area contributed by atoms with Crippen LogP contribution in [0.3, 0.4) is 0 Å². The SMILES string of the molecule is CCN(CC)CCCC(C)NC(=O)[C@@H]1CC[C@H](C(=O)O)O1. The van der Waals surface area contributed by atoms with Crippen LogP contribution >= 0.6 is 0 Å². The van der Waals surface area contributed by atoms with Crippen molar-refractivity contribution in [3.05, 3.63) is 0 Å². The van der Waals surface area contributed by atoms with Gasteiger partial charge in [0.15, 0.2) is 6.10 Å². The molecule has 0 aromatic rings. The highest BCUT2D eigenvalue weighted by Gasteiger charge is 2.34. The highest BCUT2D eigenvalue weighted by Crippen LogP contribution is 2.20. The first kappa shape index (κ1) is 17.9. The predicted molar refractivity (Wildman–Crippen MR) is 80.2 cm³/mol. The van der Waals surface area contributed by atoms with Gasteiger partial charge in [-0.3, -0.25) is 4.79 Å². The summed E-state index contributed by atoms with van der Waals surface area (Å²) < 4.78 is 5.24.